The number of methoxy groups -OCH3 is 1. The van der Waals surface area contributed by atoms with Gasteiger partial charge in [-0.15, -0.1) is 0 Å². The monoisotopic (exact) mass is 549 g/mol. The zero-order chi connectivity index (χ0) is 28.1. The van der Waals surface area contributed by atoms with Gasteiger partial charge in [0, 0.05) is 26.2 Å². The summed E-state index contributed by atoms with van der Waals surface area (Å²) in [4.78, 5) is 15.6. The molecule has 2 aromatic carbocycles. The van der Waals surface area contributed by atoms with E-state index in [1.165, 1.54) is 17.5 Å². The second-order valence-electron chi connectivity index (χ2n) is 12.1. The second-order valence-corrected chi connectivity index (χ2v) is 16.4. The van der Waals surface area contributed by atoms with Crippen LogP contribution in [-0.4, -0.2) is 58.0 Å². The number of esters is 1. The summed E-state index contributed by atoms with van der Waals surface area (Å²) in [6.45, 7) is 16.7. The predicted molar refractivity (Wildman–Crippen MR) is 156 cm³/mol. The van der Waals surface area contributed by atoms with Crippen LogP contribution >= 0.6 is 0 Å². The largest absolute Gasteiger partial charge is 0.469 e. The Bertz CT molecular complexity index is 1090. The molecule has 0 spiro atoms. The Morgan fingerprint density at radius 1 is 1.08 bits per heavy atom. The molecular weight excluding hydrogens is 506 g/mol. The maximum absolute atomic E-state index is 11.9. The highest BCUT2D eigenvalue weighted by Gasteiger charge is 2.57. The summed E-state index contributed by atoms with van der Waals surface area (Å²) in [6, 6.07) is 21.2. The van der Waals surface area contributed by atoms with Gasteiger partial charge in [0.25, 0.3) is 8.32 Å². The van der Waals surface area contributed by atoms with Gasteiger partial charge in [-0.2, -0.15) is 0 Å². The van der Waals surface area contributed by atoms with Crippen molar-refractivity contribution in [2.75, 3.05) is 13.7 Å². The van der Waals surface area contributed by atoms with Crippen LogP contribution in [0, 0.1) is 6.57 Å². The first kappa shape index (κ1) is 29.5. The number of carbonyl (C=O) groups excluding carboxylic acids is 1. The van der Waals surface area contributed by atoms with Gasteiger partial charge < -0.3 is 23.5 Å². The van der Waals surface area contributed by atoms with Crippen molar-refractivity contribution in [2.45, 2.75) is 101 Å². The lowest BCUT2D eigenvalue weighted by Crippen LogP contribution is -2.68. The van der Waals surface area contributed by atoms with E-state index in [4.69, 9.17) is 25.2 Å². The number of ether oxygens (including phenoxy) is 3. The van der Waals surface area contributed by atoms with E-state index in [0.717, 1.165) is 12.8 Å². The SMILES string of the molecule is [C-]#[N+][C@H](C)C[C@H]1CC[C@@H]2O[C@@H](CCC(=O)OC)C[C@]2(CO[Si](c2ccccc2)(c2ccccc2)C(C)(C)C)O1. The normalized spacial score (nSPS) is 25.9. The smallest absolute Gasteiger partial charge is 0.305 e. The van der Waals surface area contributed by atoms with Crippen LogP contribution in [0.2, 0.25) is 5.04 Å². The lowest BCUT2D eigenvalue weighted by atomic mass is 9.85. The van der Waals surface area contributed by atoms with Crippen molar-refractivity contribution in [2.24, 2.45) is 0 Å². The van der Waals surface area contributed by atoms with Crippen LogP contribution in [0.1, 0.15) is 66.2 Å². The van der Waals surface area contributed by atoms with Crippen LogP contribution in [0.5, 0.6) is 0 Å². The number of fused-ring (bicyclic) bond motifs is 1. The Hall–Kier alpha value is -2.50. The van der Waals surface area contributed by atoms with Crippen molar-refractivity contribution in [3.05, 3.63) is 72.1 Å². The molecular formula is C32H43NO5Si. The van der Waals surface area contributed by atoms with E-state index >= 15 is 0 Å². The summed E-state index contributed by atoms with van der Waals surface area (Å²) in [7, 11) is -1.36. The van der Waals surface area contributed by atoms with Gasteiger partial charge >= 0.3 is 5.97 Å². The minimum absolute atomic E-state index is 0.0175. The summed E-state index contributed by atoms with van der Waals surface area (Å²) in [5.74, 6) is -0.226. The zero-order valence-corrected chi connectivity index (χ0v) is 25.0. The van der Waals surface area contributed by atoms with Crippen LogP contribution in [0.25, 0.3) is 4.85 Å². The molecule has 0 radical (unpaired) electrons. The number of nitrogens with zero attached hydrogens (tertiary/aromatic N) is 1. The molecule has 2 aliphatic rings. The maximum atomic E-state index is 11.9. The standard InChI is InChI=1S/C32H43NO5Si/c1-24(33-5)21-25-17-19-29-32(38-25,22-26(37-29)18-20-30(34)35-6)23-36-39(31(2,3)4,27-13-9-7-10-14-27)28-15-11-8-12-16-28/h7-16,24-26,29H,17-23H2,1-4,6H3/t24-,25-,26+,29+,32-/m1/s1. The Kier molecular flexibility index (Phi) is 9.33. The van der Waals surface area contributed by atoms with E-state index in [2.05, 4.69) is 86.3 Å². The minimum atomic E-state index is -2.78. The Balaban J connectivity index is 1.70. The van der Waals surface area contributed by atoms with Crippen molar-refractivity contribution < 1.29 is 23.4 Å². The lowest BCUT2D eigenvalue weighted by molar-refractivity contribution is -0.181. The molecule has 0 amide bonds. The first-order valence-electron chi connectivity index (χ1n) is 14.1. The van der Waals surface area contributed by atoms with Gasteiger partial charge in [-0.25, -0.2) is 6.57 Å². The predicted octanol–water partition coefficient (Wildman–Crippen LogP) is 5.29. The van der Waals surface area contributed by atoms with E-state index in [-0.39, 0.29) is 35.4 Å². The average molecular weight is 550 g/mol. The molecule has 0 saturated carbocycles. The van der Waals surface area contributed by atoms with Crippen LogP contribution in [0.15, 0.2) is 60.7 Å². The van der Waals surface area contributed by atoms with E-state index in [9.17, 15) is 4.79 Å². The number of hydrogen-bond donors (Lipinski definition) is 0. The summed E-state index contributed by atoms with van der Waals surface area (Å²) in [5, 5.41) is 2.30. The Morgan fingerprint density at radius 2 is 1.69 bits per heavy atom. The molecule has 0 unspecified atom stereocenters. The molecule has 6 nitrogen and oxygen atoms in total. The van der Waals surface area contributed by atoms with Gasteiger partial charge in [0.05, 0.1) is 32.0 Å². The quantitative estimate of drug-likeness (QED) is 0.229. The highest BCUT2D eigenvalue weighted by Crippen LogP contribution is 2.46. The van der Waals surface area contributed by atoms with Gasteiger partial charge in [-0.05, 0) is 34.7 Å². The molecule has 2 fully saturated rings. The zero-order valence-electron chi connectivity index (χ0n) is 24.0. The van der Waals surface area contributed by atoms with E-state index in [1.54, 1.807) is 0 Å². The molecule has 2 aliphatic heterocycles. The molecule has 0 aromatic heterocycles. The fourth-order valence-electron chi connectivity index (χ4n) is 6.43. The number of carbonyl (C=O) groups is 1. The van der Waals surface area contributed by atoms with Crippen LogP contribution in [-0.2, 0) is 23.4 Å². The highest BCUT2D eigenvalue weighted by molar-refractivity contribution is 6.99. The van der Waals surface area contributed by atoms with E-state index < -0.39 is 13.9 Å². The molecule has 4 rings (SSSR count). The van der Waals surface area contributed by atoms with Crippen molar-refractivity contribution in [1.82, 2.24) is 0 Å². The molecule has 2 aromatic rings. The Labute approximate surface area is 234 Å². The van der Waals surface area contributed by atoms with Gasteiger partial charge in [0.2, 0.25) is 6.04 Å². The van der Waals surface area contributed by atoms with Crippen LogP contribution in [0.4, 0.5) is 0 Å². The topological polar surface area (TPSA) is 58.4 Å². The third-order valence-corrected chi connectivity index (χ3v) is 13.3. The van der Waals surface area contributed by atoms with Crippen molar-refractivity contribution in [3.63, 3.8) is 0 Å². The van der Waals surface area contributed by atoms with Crippen molar-refractivity contribution in [3.8, 4) is 0 Å². The first-order valence-corrected chi connectivity index (χ1v) is 16.1. The number of rotatable bonds is 10. The third kappa shape index (κ3) is 6.30. The average Bonchev–Trinajstić information content (AvgIpc) is 3.30. The summed E-state index contributed by atoms with van der Waals surface area (Å²) in [5.41, 5.74) is -0.626. The van der Waals surface area contributed by atoms with Gasteiger partial charge in [0.15, 0.2) is 0 Å². The molecule has 210 valence electrons. The van der Waals surface area contributed by atoms with E-state index in [1.807, 2.05) is 6.92 Å². The van der Waals surface area contributed by atoms with Crippen molar-refractivity contribution in [1.29, 1.82) is 0 Å². The van der Waals surface area contributed by atoms with Crippen LogP contribution < -0.4 is 10.4 Å². The summed E-state index contributed by atoms with van der Waals surface area (Å²) >= 11 is 0. The minimum Gasteiger partial charge on any atom is -0.469 e. The maximum Gasteiger partial charge on any atom is 0.305 e. The molecule has 7 heteroatoms. The summed E-state index contributed by atoms with van der Waals surface area (Å²) < 4.78 is 25.7. The van der Waals surface area contributed by atoms with Gasteiger partial charge in [-0.1, -0.05) is 81.4 Å². The van der Waals surface area contributed by atoms with Crippen LogP contribution in [0.3, 0.4) is 0 Å². The van der Waals surface area contributed by atoms with Gasteiger partial charge in [-0.3, -0.25) is 4.79 Å². The molecule has 0 bridgehead atoms. The third-order valence-electron chi connectivity index (χ3n) is 8.34. The number of benzene rings is 2. The van der Waals surface area contributed by atoms with Crippen molar-refractivity contribution >= 4 is 24.7 Å². The molecule has 0 aliphatic carbocycles. The van der Waals surface area contributed by atoms with E-state index in [0.29, 0.717) is 32.3 Å². The summed E-state index contributed by atoms with van der Waals surface area (Å²) in [6.07, 6.45) is 3.75. The Morgan fingerprint density at radius 3 is 2.23 bits per heavy atom. The fourth-order valence-corrected chi connectivity index (χ4v) is 11.0. The fraction of sp³-hybridized carbons (Fsp3) is 0.562. The molecule has 39 heavy (non-hydrogen) atoms. The number of hydrogen-bond acceptors (Lipinski definition) is 5. The van der Waals surface area contributed by atoms with Gasteiger partial charge in [0.1, 0.15) is 5.60 Å². The molecule has 0 N–H and O–H groups in total. The first-order chi connectivity index (χ1) is 18.6. The lowest BCUT2D eigenvalue weighted by Gasteiger charge is -2.47. The highest BCUT2D eigenvalue weighted by atomic mass is 28.4. The molecule has 5 atom stereocenters. The molecule has 2 heterocycles. The molecule has 2 saturated heterocycles. The second kappa shape index (κ2) is 12.3.